The topological polar surface area (TPSA) is 38.8 Å². The summed E-state index contributed by atoms with van der Waals surface area (Å²) in [5.74, 6) is 0.653. The van der Waals surface area contributed by atoms with Crippen molar-refractivity contribution in [2.45, 2.75) is 39.2 Å². The molecule has 0 radical (unpaired) electrons. The van der Waals surface area contributed by atoms with Gasteiger partial charge in [-0.1, -0.05) is 56.7 Å². The van der Waals surface area contributed by atoms with Crippen molar-refractivity contribution >= 4 is 5.78 Å². The van der Waals surface area contributed by atoms with Crippen LogP contribution in [0, 0.1) is 6.92 Å². The normalized spacial score (nSPS) is 16.8. The summed E-state index contributed by atoms with van der Waals surface area (Å²) in [6.07, 6.45) is 0.158. The van der Waals surface area contributed by atoms with E-state index in [1.165, 1.54) is 0 Å². The summed E-state index contributed by atoms with van der Waals surface area (Å²) < 4.78 is 11.1. The van der Waals surface area contributed by atoms with Crippen molar-refractivity contribution in [3.63, 3.8) is 0 Å². The fourth-order valence-electron chi connectivity index (χ4n) is 2.79. The van der Waals surface area contributed by atoms with E-state index in [-0.39, 0.29) is 17.3 Å². The number of ketones is 1. The van der Waals surface area contributed by atoms with Gasteiger partial charge in [-0.2, -0.15) is 0 Å². The molecule has 1 atom stereocenters. The van der Waals surface area contributed by atoms with Crippen LogP contribution in [0.1, 0.15) is 47.8 Å². The summed E-state index contributed by atoms with van der Waals surface area (Å²) >= 11 is 0. The zero-order chi connectivity index (χ0) is 17.3. The van der Waals surface area contributed by atoms with Crippen molar-refractivity contribution in [2.24, 2.45) is 0 Å². The largest absolute Gasteiger partial charge is 0.490 e. The van der Waals surface area contributed by atoms with Gasteiger partial charge in [0.15, 0.2) is 5.78 Å². The Bertz CT molecular complexity index is 752. The van der Waals surface area contributed by atoms with E-state index >= 15 is 0 Å². The van der Waals surface area contributed by atoms with Crippen LogP contribution in [0.15, 0.2) is 42.5 Å². The second kappa shape index (κ2) is 6.40. The third-order valence-electron chi connectivity index (χ3n) is 4.17. The predicted octanol–water partition coefficient (Wildman–Crippen LogP) is 4.30. The number of epoxide rings is 1. The Morgan fingerprint density at radius 3 is 2.54 bits per heavy atom. The maximum atomic E-state index is 13.2. The molecule has 2 aromatic carbocycles. The second-order valence-corrected chi connectivity index (χ2v) is 7.39. The van der Waals surface area contributed by atoms with Crippen LogP contribution in [-0.2, 0) is 10.2 Å². The van der Waals surface area contributed by atoms with Gasteiger partial charge in [0.2, 0.25) is 0 Å². The van der Waals surface area contributed by atoms with E-state index in [0.717, 1.165) is 17.7 Å². The highest BCUT2D eigenvalue weighted by molar-refractivity contribution is 6.12. The molecule has 0 amide bonds. The molecule has 3 heteroatoms. The number of rotatable bonds is 5. The molecular weight excluding hydrogens is 300 g/mol. The first-order chi connectivity index (χ1) is 11.4. The van der Waals surface area contributed by atoms with E-state index in [4.69, 9.17) is 9.47 Å². The highest BCUT2D eigenvalue weighted by Gasteiger charge is 2.28. The maximum absolute atomic E-state index is 13.2. The molecule has 1 aliphatic heterocycles. The van der Waals surface area contributed by atoms with E-state index < -0.39 is 0 Å². The van der Waals surface area contributed by atoms with Crippen molar-refractivity contribution in [3.05, 3.63) is 64.7 Å². The Kier molecular flexibility index (Phi) is 4.46. The minimum Gasteiger partial charge on any atom is -0.490 e. The molecule has 1 saturated heterocycles. The van der Waals surface area contributed by atoms with E-state index in [2.05, 4.69) is 20.8 Å². The molecule has 2 aromatic rings. The molecule has 126 valence electrons. The summed E-state index contributed by atoms with van der Waals surface area (Å²) in [6.45, 7) is 9.56. The number of ether oxygens (including phenoxy) is 2. The molecule has 1 unspecified atom stereocenters. The molecule has 0 aromatic heterocycles. The van der Waals surface area contributed by atoms with Crippen LogP contribution >= 0.6 is 0 Å². The molecule has 1 heterocycles. The molecule has 1 fully saturated rings. The number of benzene rings is 2. The predicted molar refractivity (Wildman–Crippen MR) is 95.0 cm³/mol. The number of carbonyl (C=O) groups excluding carboxylic acids is 1. The molecular formula is C21H24O3. The lowest BCUT2D eigenvalue weighted by Gasteiger charge is -2.24. The third-order valence-corrected chi connectivity index (χ3v) is 4.17. The Hall–Kier alpha value is -2.13. The summed E-state index contributed by atoms with van der Waals surface area (Å²) in [4.78, 5) is 13.2. The lowest BCUT2D eigenvalue weighted by molar-refractivity contribution is 0.103. The molecule has 3 rings (SSSR count). The average molecular weight is 324 g/mol. The second-order valence-electron chi connectivity index (χ2n) is 7.39. The minimum atomic E-state index is -0.149. The summed E-state index contributed by atoms with van der Waals surface area (Å²) in [7, 11) is 0. The van der Waals surface area contributed by atoms with Gasteiger partial charge in [-0.15, -0.1) is 0 Å². The van der Waals surface area contributed by atoms with Gasteiger partial charge in [0.1, 0.15) is 18.5 Å². The summed E-state index contributed by atoms with van der Waals surface area (Å²) in [6, 6.07) is 13.5. The van der Waals surface area contributed by atoms with E-state index in [0.29, 0.717) is 23.5 Å². The van der Waals surface area contributed by atoms with Crippen molar-refractivity contribution in [1.82, 2.24) is 0 Å². The first-order valence-electron chi connectivity index (χ1n) is 8.35. The first kappa shape index (κ1) is 16.7. The SMILES string of the molecule is Cc1cccc(C(=O)c2c(OCC3CO3)cccc2C(C)(C)C)c1. The van der Waals surface area contributed by atoms with Gasteiger partial charge in [-0.05, 0) is 30.0 Å². The fraction of sp³-hybridized carbons (Fsp3) is 0.381. The van der Waals surface area contributed by atoms with Crippen LogP contribution in [-0.4, -0.2) is 25.1 Å². The lowest BCUT2D eigenvalue weighted by atomic mass is 9.81. The smallest absolute Gasteiger partial charge is 0.197 e. The van der Waals surface area contributed by atoms with Crippen molar-refractivity contribution < 1.29 is 14.3 Å². The zero-order valence-corrected chi connectivity index (χ0v) is 14.8. The molecule has 0 N–H and O–H groups in total. The van der Waals surface area contributed by atoms with Crippen molar-refractivity contribution in [3.8, 4) is 5.75 Å². The quantitative estimate of drug-likeness (QED) is 0.608. The van der Waals surface area contributed by atoms with Gasteiger partial charge in [0.05, 0.1) is 12.2 Å². The van der Waals surface area contributed by atoms with Gasteiger partial charge in [-0.3, -0.25) is 4.79 Å². The van der Waals surface area contributed by atoms with Crippen molar-refractivity contribution in [1.29, 1.82) is 0 Å². The molecule has 0 saturated carbocycles. The van der Waals surface area contributed by atoms with Crippen LogP contribution in [0.25, 0.3) is 0 Å². The molecule has 0 aliphatic carbocycles. The van der Waals surface area contributed by atoms with E-state index in [1.807, 2.05) is 49.4 Å². The van der Waals surface area contributed by atoms with Gasteiger partial charge in [0.25, 0.3) is 0 Å². The minimum absolute atomic E-state index is 0.0101. The molecule has 0 bridgehead atoms. The Labute approximate surface area is 143 Å². The van der Waals surface area contributed by atoms with E-state index in [1.54, 1.807) is 0 Å². The monoisotopic (exact) mass is 324 g/mol. The summed E-state index contributed by atoms with van der Waals surface area (Å²) in [5.41, 5.74) is 3.28. The van der Waals surface area contributed by atoms with E-state index in [9.17, 15) is 4.79 Å². The molecule has 24 heavy (non-hydrogen) atoms. The van der Waals surface area contributed by atoms with Gasteiger partial charge in [-0.25, -0.2) is 0 Å². The van der Waals surface area contributed by atoms with Crippen molar-refractivity contribution in [2.75, 3.05) is 13.2 Å². The third kappa shape index (κ3) is 3.68. The lowest BCUT2D eigenvalue weighted by Crippen LogP contribution is -2.19. The van der Waals surface area contributed by atoms with Crippen LogP contribution < -0.4 is 4.74 Å². The van der Waals surface area contributed by atoms with Crippen LogP contribution in [0.5, 0.6) is 5.75 Å². The first-order valence-corrected chi connectivity index (χ1v) is 8.35. The fourth-order valence-corrected chi connectivity index (χ4v) is 2.79. The zero-order valence-electron chi connectivity index (χ0n) is 14.8. The van der Waals surface area contributed by atoms with Gasteiger partial charge < -0.3 is 9.47 Å². The van der Waals surface area contributed by atoms with Crippen LogP contribution in [0.4, 0.5) is 0 Å². The number of hydrogen-bond donors (Lipinski definition) is 0. The Morgan fingerprint density at radius 2 is 1.92 bits per heavy atom. The summed E-state index contributed by atoms with van der Waals surface area (Å²) in [5, 5.41) is 0. The number of aryl methyl sites for hydroxylation is 1. The Balaban J connectivity index is 2.05. The number of carbonyl (C=O) groups is 1. The highest BCUT2D eigenvalue weighted by Crippen LogP contribution is 2.34. The molecule has 3 nitrogen and oxygen atoms in total. The highest BCUT2D eigenvalue weighted by atomic mass is 16.6. The molecule has 0 spiro atoms. The van der Waals surface area contributed by atoms with Crippen LogP contribution in [0.3, 0.4) is 0 Å². The number of hydrogen-bond acceptors (Lipinski definition) is 3. The maximum Gasteiger partial charge on any atom is 0.197 e. The average Bonchev–Trinajstić information content (AvgIpc) is 3.35. The Morgan fingerprint density at radius 1 is 1.21 bits per heavy atom. The van der Waals surface area contributed by atoms with Gasteiger partial charge in [0, 0.05) is 5.56 Å². The van der Waals surface area contributed by atoms with Crippen LogP contribution in [0.2, 0.25) is 0 Å². The standard InChI is InChI=1S/C21H24O3/c1-14-7-5-8-15(11-14)20(22)19-17(21(2,3)4)9-6-10-18(19)24-13-16-12-23-16/h5-11,16H,12-13H2,1-4H3. The molecule has 1 aliphatic rings. The van der Waals surface area contributed by atoms with Gasteiger partial charge >= 0.3 is 0 Å².